The molecule has 6 nitrogen and oxygen atoms in total. The van der Waals surface area contributed by atoms with Crippen molar-refractivity contribution in [3.8, 4) is 0 Å². The topological polar surface area (TPSA) is 98.8 Å². The molecular weight excluding hydrogens is 221 g/mol. The molecule has 0 aromatic rings. The second-order valence-corrected chi connectivity index (χ2v) is 4.37. The number of carbonyl (C=O) groups is 1. The average molecular weight is 243 g/mol. The molecule has 0 radical (unpaired) electrons. The van der Waals surface area contributed by atoms with Gasteiger partial charge in [0.15, 0.2) is 0 Å². The van der Waals surface area contributed by atoms with Gasteiger partial charge in [0.1, 0.15) is 0 Å². The lowest BCUT2D eigenvalue weighted by Crippen LogP contribution is -2.47. The highest BCUT2D eigenvalue weighted by Crippen LogP contribution is 2.17. The van der Waals surface area contributed by atoms with E-state index in [1.807, 2.05) is 0 Å². The van der Waals surface area contributed by atoms with Crippen LogP contribution in [0.4, 0.5) is 0 Å². The van der Waals surface area contributed by atoms with E-state index in [4.69, 9.17) is 15.8 Å². The highest BCUT2D eigenvalue weighted by atomic mass is 16.4. The summed E-state index contributed by atoms with van der Waals surface area (Å²) in [6.07, 6.45) is 4.23. The molecule has 1 atom stereocenters. The molecule has 2 heterocycles. The third-order valence-electron chi connectivity index (χ3n) is 3.10. The predicted octanol–water partition coefficient (Wildman–Crippen LogP) is -1.68. The van der Waals surface area contributed by atoms with E-state index in [0.717, 1.165) is 6.42 Å². The molecule has 0 saturated carbocycles. The van der Waals surface area contributed by atoms with E-state index in [2.05, 4.69) is 5.32 Å². The quantitative estimate of drug-likeness (QED) is 0.434. The minimum absolute atomic E-state index is 0.0663. The van der Waals surface area contributed by atoms with E-state index in [1.54, 1.807) is 0 Å². The third-order valence-corrected chi connectivity index (χ3v) is 3.10. The number of nitrogens with two attached hydrogens (primary N) is 1. The van der Waals surface area contributed by atoms with E-state index < -0.39 is 13.1 Å². The molecule has 0 spiro atoms. The van der Waals surface area contributed by atoms with Crippen molar-refractivity contribution in [2.45, 2.75) is 31.6 Å². The van der Waals surface area contributed by atoms with Gasteiger partial charge in [0.25, 0.3) is 0 Å². The number of likely N-dealkylation sites (tertiary alicyclic amines) is 1. The number of hydrogen-bond acceptors (Lipinski definition) is 5. The van der Waals surface area contributed by atoms with Crippen molar-refractivity contribution in [2.24, 2.45) is 5.73 Å². The van der Waals surface area contributed by atoms with Gasteiger partial charge in [-0.3, -0.25) is 4.79 Å². The molecule has 5 N–H and O–H groups in total. The normalized spacial score (nSPS) is 23.2. The van der Waals surface area contributed by atoms with Crippen LogP contribution in [0.15, 0.2) is 0 Å². The van der Waals surface area contributed by atoms with Crippen LogP contribution in [0.3, 0.4) is 0 Å². The van der Waals surface area contributed by atoms with Crippen LogP contribution in [0, 0.1) is 0 Å². The molecule has 2 aliphatic heterocycles. The molecule has 2 fully saturated rings. The van der Waals surface area contributed by atoms with Crippen LogP contribution in [0.5, 0.6) is 0 Å². The van der Waals surface area contributed by atoms with Crippen molar-refractivity contribution in [1.29, 1.82) is 0 Å². The summed E-state index contributed by atoms with van der Waals surface area (Å²) in [5.41, 5.74) is 5.16. The molecule has 0 aliphatic carbocycles. The van der Waals surface area contributed by atoms with E-state index in [9.17, 15) is 4.79 Å². The van der Waals surface area contributed by atoms with Gasteiger partial charge in [0.05, 0.1) is 12.5 Å². The zero-order valence-corrected chi connectivity index (χ0v) is 10.1. The fourth-order valence-electron chi connectivity index (χ4n) is 2.15. The predicted molar refractivity (Wildman–Crippen MR) is 66.1 cm³/mol. The summed E-state index contributed by atoms with van der Waals surface area (Å²) in [6, 6.07) is 0. The molecule has 98 valence electrons. The molecule has 0 aromatic heterocycles. The number of hydrogen-bond donors (Lipinski definition) is 4. The van der Waals surface area contributed by atoms with Crippen molar-refractivity contribution in [1.82, 2.24) is 10.2 Å². The average Bonchev–Trinajstić information content (AvgIpc) is 3.00. The number of nitrogens with zero attached hydrogens (tertiary/aromatic N) is 1. The summed E-state index contributed by atoms with van der Waals surface area (Å²) in [4.78, 5) is 12.5. The summed E-state index contributed by atoms with van der Waals surface area (Å²) in [7, 11) is -1.44. The van der Waals surface area contributed by atoms with E-state index in [1.165, 1.54) is 30.8 Å². The number of carbonyl (C=O) groups excluding carboxylic acids is 1. The Kier molecular flexibility index (Phi) is 6.50. The Labute approximate surface area is 102 Å². The molecule has 2 saturated heterocycles. The zero-order chi connectivity index (χ0) is 12.7. The SMILES string of the molecule is C1CCNC1.NCC(=O)N1CCCC1B(O)O. The Morgan fingerprint density at radius 2 is 2.00 bits per heavy atom. The monoisotopic (exact) mass is 243 g/mol. The van der Waals surface area contributed by atoms with Gasteiger partial charge in [-0.05, 0) is 38.8 Å². The fourth-order valence-corrected chi connectivity index (χ4v) is 2.15. The second-order valence-electron chi connectivity index (χ2n) is 4.37. The highest BCUT2D eigenvalue weighted by molar-refractivity contribution is 6.43. The van der Waals surface area contributed by atoms with Gasteiger partial charge in [-0.25, -0.2) is 0 Å². The van der Waals surface area contributed by atoms with Crippen molar-refractivity contribution in [2.75, 3.05) is 26.2 Å². The van der Waals surface area contributed by atoms with Gasteiger partial charge in [-0.1, -0.05) is 0 Å². The Hall–Kier alpha value is -0.625. The maximum absolute atomic E-state index is 11.1. The molecule has 1 unspecified atom stereocenters. The van der Waals surface area contributed by atoms with E-state index >= 15 is 0 Å². The van der Waals surface area contributed by atoms with E-state index in [0.29, 0.717) is 13.0 Å². The maximum Gasteiger partial charge on any atom is 0.475 e. The first kappa shape index (κ1) is 14.4. The standard InChI is InChI=1S/C6H13BN2O3.C4H9N/c8-4-6(10)9-3-1-2-5(9)7(11)12;1-2-4-5-3-1/h5,11-12H,1-4,8H2;5H,1-4H2. The Morgan fingerprint density at radius 1 is 1.35 bits per heavy atom. The lowest BCUT2D eigenvalue weighted by Gasteiger charge is -2.22. The summed E-state index contributed by atoms with van der Waals surface area (Å²) in [6.45, 7) is 3.02. The minimum atomic E-state index is -1.44. The van der Waals surface area contributed by atoms with Gasteiger partial charge < -0.3 is 26.0 Å². The first-order valence-corrected chi connectivity index (χ1v) is 6.23. The van der Waals surface area contributed by atoms with Crippen LogP contribution in [0.25, 0.3) is 0 Å². The molecular formula is C10H22BN3O3. The van der Waals surface area contributed by atoms with Crippen molar-refractivity contribution >= 4 is 13.0 Å². The molecule has 1 amide bonds. The molecule has 2 rings (SSSR count). The molecule has 2 aliphatic rings. The first-order valence-electron chi connectivity index (χ1n) is 6.23. The summed E-state index contributed by atoms with van der Waals surface area (Å²) in [5, 5.41) is 21.0. The van der Waals surface area contributed by atoms with Crippen LogP contribution in [0.1, 0.15) is 25.7 Å². The summed E-state index contributed by atoms with van der Waals surface area (Å²) in [5.74, 6) is -0.674. The lowest BCUT2D eigenvalue weighted by atomic mass is 9.78. The van der Waals surface area contributed by atoms with Crippen LogP contribution >= 0.6 is 0 Å². The van der Waals surface area contributed by atoms with Crippen LogP contribution in [0.2, 0.25) is 0 Å². The fraction of sp³-hybridized carbons (Fsp3) is 0.900. The largest absolute Gasteiger partial charge is 0.475 e. The molecule has 0 bridgehead atoms. The molecule has 17 heavy (non-hydrogen) atoms. The van der Waals surface area contributed by atoms with Crippen molar-refractivity contribution in [3.05, 3.63) is 0 Å². The molecule has 7 heteroatoms. The summed E-state index contributed by atoms with van der Waals surface area (Å²) < 4.78 is 0. The Morgan fingerprint density at radius 3 is 2.41 bits per heavy atom. The number of rotatable bonds is 2. The van der Waals surface area contributed by atoms with Crippen LogP contribution in [-0.2, 0) is 4.79 Å². The van der Waals surface area contributed by atoms with Crippen LogP contribution < -0.4 is 11.1 Å². The first-order chi connectivity index (χ1) is 8.16. The van der Waals surface area contributed by atoms with Gasteiger partial charge in [-0.15, -0.1) is 0 Å². The lowest BCUT2D eigenvalue weighted by molar-refractivity contribution is -0.129. The van der Waals surface area contributed by atoms with Gasteiger partial charge in [0.2, 0.25) is 5.91 Å². The number of amides is 1. The smallest absolute Gasteiger partial charge is 0.426 e. The zero-order valence-electron chi connectivity index (χ0n) is 10.1. The third kappa shape index (κ3) is 4.63. The molecule has 0 aromatic carbocycles. The van der Waals surface area contributed by atoms with Crippen LogP contribution in [-0.4, -0.2) is 60.1 Å². The second kappa shape index (κ2) is 7.65. The van der Waals surface area contributed by atoms with Gasteiger partial charge >= 0.3 is 7.12 Å². The maximum atomic E-state index is 11.1. The van der Waals surface area contributed by atoms with Gasteiger partial charge in [0, 0.05) is 6.54 Å². The summed E-state index contributed by atoms with van der Waals surface area (Å²) >= 11 is 0. The Bertz CT molecular complexity index is 229. The number of nitrogens with one attached hydrogen (secondary N) is 1. The highest BCUT2D eigenvalue weighted by Gasteiger charge is 2.35. The minimum Gasteiger partial charge on any atom is -0.426 e. The van der Waals surface area contributed by atoms with Gasteiger partial charge in [-0.2, -0.15) is 0 Å². The Balaban J connectivity index is 0.000000239. The van der Waals surface area contributed by atoms with E-state index in [-0.39, 0.29) is 12.5 Å². The van der Waals surface area contributed by atoms with Crippen molar-refractivity contribution < 1.29 is 14.8 Å². The van der Waals surface area contributed by atoms with Crippen molar-refractivity contribution in [3.63, 3.8) is 0 Å².